The van der Waals surface area contributed by atoms with Gasteiger partial charge in [-0.25, -0.2) is 4.98 Å². The number of ether oxygens (including phenoxy) is 3. The lowest BCUT2D eigenvalue weighted by atomic mass is 10.2. The van der Waals surface area contributed by atoms with E-state index in [1.807, 2.05) is 26.1 Å². The molecule has 2 heterocycles. The zero-order chi connectivity index (χ0) is 13.9. The molecule has 0 unspecified atom stereocenters. The Bertz CT molecular complexity index is 477. The maximum absolute atomic E-state index is 5.56. The Hall–Kier alpha value is -1.11. The minimum absolute atomic E-state index is 0.502. The van der Waals surface area contributed by atoms with Crippen molar-refractivity contribution < 1.29 is 14.2 Å². The molecule has 1 aromatic rings. The van der Waals surface area contributed by atoms with Gasteiger partial charge in [-0.1, -0.05) is 0 Å². The minimum Gasteiger partial charge on any atom is -0.480 e. The molecule has 1 fully saturated rings. The smallest absolute Gasteiger partial charge is 0.229 e. The van der Waals surface area contributed by atoms with Crippen LogP contribution in [0.1, 0.15) is 13.8 Å². The van der Waals surface area contributed by atoms with E-state index < -0.39 is 5.79 Å². The zero-order valence-electron chi connectivity index (χ0n) is 11.2. The van der Waals surface area contributed by atoms with Gasteiger partial charge in [0.15, 0.2) is 5.79 Å². The fraction of sp³-hybridized carbons (Fsp3) is 0.462. The van der Waals surface area contributed by atoms with Crippen molar-refractivity contribution in [3.63, 3.8) is 0 Å². The summed E-state index contributed by atoms with van der Waals surface area (Å²) in [6, 6.07) is 1.86. The molecule has 0 aliphatic carbocycles. The Labute approximate surface area is 121 Å². The molecule has 0 amide bonds. The van der Waals surface area contributed by atoms with Crippen molar-refractivity contribution in [2.24, 2.45) is 0 Å². The molecule has 104 valence electrons. The van der Waals surface area contributed by atoms with Gasteiger partial charge in [-0.2, -0.15) is 0 Å². The lowest BCUT2D eigenvalue weighted by Crippen LogP contribution is -2.35. The van der Waals surface area contributed by atoms with E-state index in [-0.39, 0.29) is 0 Å². The number of hydrogen-bond acceptors (Lipinski definition) is 5. The standard InChI is InChI=1S/C13H17BrN2O3/c1-13(2)18-7-9(8-19-13)6-16-10-4-5-15-12(17-3)11(10)14/h4-6H,7-8H2,1-3H3,(H,15,16). The van der Waals surface area contributed by atoms with Crippen LogP contribution >= 0.6 is 15.9 Å². The maximum Gasteiger partial charge on any atom is 0.229 e. The summed E-state index contributed by atoms with van der Waals surface area (Å²) in [4.78, 5) is 4.09. The van der Waals surface area contributed by atoms with Crippen molar-refractivity contribution >= 4 is 21.6 Å². The van der Waals surface area contributed by atoms with E-state index in [9.17, 15) is 0 Å². The molecule has 1 saturated heterocycles. The SMILES string of the molecule is COc1nccc(NC=C2COC(C)(C)OC2)c1Br. The van der Waals surface area contributed by atoms with Gasteiger partial charge in [0.2, 0.25) is 5.88 Å². The van der Waals surface area contributed by atoms with Gasteiger partial charge in [0, 0.05) is 12.4 Å². The molecule has 1 aliphatic rings. The van der Waals surface area contributed by atoms with Gasteiger partial charge in [0.05, 0.1) is 26.0 Å². The quantitative estimate of drug-likeness (QED) is 0.924. The number of nitrogens with one attached hydrogen (secondary N) is 1. The first-order chi connectivity index (χ1) is 9.02. The normalized spacial score (nSPS) is 18.0. The van der Waals surface area contributed by atoms with Gasteiger partial charge < -0.3 is 19.5 Å². The summed E-state index contributed by atoms with van der Waals surface area (Å²) in [5.74, 6) is 0.0401. The van der Waals surface area contributed by atoms with Gasteiger partial charge in [0.1, 0.15) is 4.47 Å². The summed E-state index contributed by atoms with van der Waals surface area (Å²) in [7, 11) is 1.58. The van der Waals surface area contributed by atoms with E-state index in [1.54, 1.807) is 13.3 Å². The third kappa shape index (κ3) is 3.68. The van der Waals surface area contributed by atoms with Crippen molar-refractivity contribution in [2.75, 3.05) is 25.6 Å². The fourth-order valence-corrected chi connectivity index (χ4v) is 2.07. The summed E-state index contributed by atoms with van der Waals surface area (Å²) in [5.41, 5.74) is 1.92. The molecule has 2 rings (SSSR count). The molecule has 5 nitrogen and oxygen atoms in total. The molecule has 19 heavy (non-hydrogen) atoms. The van der Waals surface area contributed by atoms with Gasteiger partial charge in [-0.15, -0.1) is 0 Å². The summed E-state index contributed by atoms with van der Waals surface area (Å²) < 4.78 is 17.0. The Morgan fingerprint density at radius 2 is 2.11 bits per heavy atom. The summed E-state index contributed by atoms with van der Waals surface area (Å²) in [6.45, 7) is 4.92. The van der Waals surface area contributed by atoms with Crippen molar-refractivity contribution in [3.8, 4) is 5.88 Å². The summed E-state index contributed by atoms with van der Waals surface area (Å²) in [6.07, 6.45) is 3.57. The van der Waals surface area contributed by atoms with E-state index in [2.05, 4.69) is 26.2 Å². The Balaban J connectivity index is 2.03. The zero-order valence-corrected chi connectivity index (χ0v) is 12.8. The second-order valence-corrected chi connectivity index (χ2v) is 5.40. The van der Waals surface area contributed by atoms with E-state index in [1.165, 1.54) is 0 Å². The highest BCUT2D eigenvalue weighted by Gasteiger charge is 2.24. The van der Waals surface area contributed by atoms with Crippen molar-refractivity contribution in [1.29, 1.82) is 0 Å². The molecule has 1 aliphatic heterocycles. The van der Waals surface area contributed by atoms with E-state index in [0.717, 1.165) is 15.7 Å². The number of anilines is 1. The Morgan fingerprint density at radius 1 is 1.42 bits per heavy atom. The average Bonchev–Trinajstić information content (AvgIpc) is 2.39. The molecular formula is C13H17BrN2O3. The lowest BCUT2D eigenvalue weighted by molar-refractivity contribution is -0.225. The molecule has 0 spiro atoms. The van der Waals surface area contributed by atoms with E-state index in [4.69, 9.17) is 14.2 Å². The average molecular weight is 329 g/mol. The van der Waals surface area contributed by atoms with Gasteiger partial charge in [-0.3, -0.25) is 0 Å². The number of aromatic nitrogens is 1. The van der Waals surface area contributed by atoms with Crippen LogP contribution in [0.2, 0.25) is 0 Å². The highest BCUT2D eigenvalue weighted by molar-refractivity contribution is 9.10. The summed E-state index contributed by atoms with van der Waals surface area (Å²) in [5, 5.41) is 3.20. The van der Waals surface area contributed by atoms with Crippen LogP contribution in [0, 0.1) is 0 Å². The number of halogens is 1. The molecule has 0 bridgehead atoms. The van der Waals surface area contributed by atoms with Crippen molar-refractivity contribution in [3.05, 3.63) is 28.5 Å². The van der Waals surface area contributed by atoms with Gasteiger partial charge in [0.25, 0.3) is 0 Å². The lowest BCUT2D eigenvalue weighted by Gasteiger charge is -2.31. The van der Waals surface area contributed by atoms with Crippen molar-refractivity contribution in [1.82, 2.24) is 4.98 Å². The highest BCUT2D eigenvalue weighted by atomic mass is 79.9. The van der Waals surface area contributed by atoms with Crippen LogP contribution in [-0.2, 0) is 9.47 Å². The van der Waals surface area contributed by atoms with Crippen LogP contribution in [0.25, 0.3) is 0 Å². The molecule has 0 aromatic carbocycles. The number of hydrogen-bond donors (Lipinski definition) is 1. The molecule has 1 aromatic heterocycles. The topological polar surface area (TPSA) is 52.6 Å². The number of nitrogens with zero attached hydrogens (tertiary/aromatic N) is 1. The van der Waals surface area contributed by atoms with E-state index >= 15 is 0 Å². The molecule has 0 atom stereocenters. The van der Waals surface area contributed by atoms with Crippen LogP contribution in [0.3, 0.4) is 0 Å². The number of pyridine rings is 1. The molecule has 0 saturated carbocycles. The fourth-order valence-electron chi connectivity index (χ4n) is 1.56. The number of rotatable bonds is 3. The molecule has 6 heteroatoms. The molecule has 0 radical (unpaired) electrons. The predicted molar refractivity (Wildman–Crippen MR) is 76.2 cm³/mol. The monoisotopic (exact) mass is 328 g/mol. The first-order valence-corrected chi connectivity index (χ1v) is 6.72. The van der Waals surface area contributed by atoms with Crippen LogP contribution in [-0.4, -0.2) is 31.1 Å². The number of methoxy groups -OCH3 is 1. The Morgan fingerprint density at radius 3 is 2.74 bits per heavy atom. The van der Waals surface area contributed by atoms with Crippen LogP contribution < -0.4 is 10.1 Å². The highest BCUT2D eigenvalue weighted by Crippen LogP contribution is 2.30. The van der Waals surface area contributed by atoms with E-state index in [0.29, 0.717) is 19.1 Å². The second kappa shape index (κ2) is 5.90. The third-order valence-corrected chi connectivity index (χ3v) is 3.46. The van der Waals surface area contributed by atoms with Crippen LogP contribution in [0.15, 0.2) is 28.5 Å². The summed E-state index contributed by atoms with van der Waals surface area (Å²) >= 11 is 3.44. The van der Waals surface area contributed by atoms with Gasteiger partial charge >= 0.3 is 0 Å². The minimum atomic E-state index is -0.502. The molecule has 1 N–H and O–H groups in total. The van der Waals surface area contributed by atoms with Crippen LogP contribution in [0.5, 0.6) is 5.88 Å². The Kier molecular flexibility index (Phi) is 4.44. The van der Waals surface area contributed by atoms with Crippen LogP contribution in [0.4, 0.5) is 5.69 Å². The first-order valence-electron chi connectivity index (χ1n) is 5.93. The largest absolute Gasteiger partial charge is 0.480 e. The molecular weight excluding hydrogens is 312 g/mol. The predicted octanol–water partition coefficient (Wildman–Crippen LogP) is 2.93. The van der Waals surface area contributed by atoms with Gasteiger partial charge in [-0.05, 0) is 41.4 Å². The third-order valence-electron chi connectivity index (χ3n) is 2.69. The maximum atomic E-state index is 5.56. The second-order valence-electron chi connectivity index (χ2n) is 4.61. The van der Waals surface area contributed by atoms with Crippen molar-refractivity contribution in [2.45, 2.75) is 19.6 Å². The first kappa shape index (κ1) is 14.3.